The molecular weight excluding hydrogens is 258 g/mol. The molecule has 2 aromatic rings. The molecule has 0 bridgehead atoms. The van der Waals surface area contributed by atoms with Gasteiger partial charge in [-0.2, -0.15) is 5.10 Å². The Morgan fingerprint density at radius 1 is 1.55 bits per heavy atom. The highest BCUT2D eigenvalue weighted by molar-refractivity contribution is 6.02. The van der Waals surface area contributed by atoms with Crippen LogP contribution in [0.25, 0.3) is 5.52 Å². The number of hydrogen-bond acceptors (Lipinski definition) is 4. The summed E-state index contributed by atoms with van der Waals surface area (Å²) in [5.74, 6) is -0.178. The van der Waals surface area contributed by atoms with Gasteiger partial charge in [0.1, 0.15) is 0 Å². The van der Waals surface area contributed by atoms with E-state index in [1.165, 1.54) is 6.20 Å². The predicted octanol–water partition coefficient (Wildman–Crippen LogP) is 0.933. The first kappa shape index (κ1) is 13.9. The molecule has 106 valence electrons. The highest BCUT2D eigenvalue weighted by Gasteiger charge is 2.20. The van der Waals surface area contributed by atoms with Crippen molar-refractivity contribution >= 4 is 17.3 Å². The SMILES string of the molecule is CCCN(C/C(N)=N/O)C(=O)c1cnn2ccccc12. The first-order valence-corrected chi connectivity index (χ1v) is 6.35. The number of rotatable bonds is 5. The van der Waals surface area contributed by atoms with Crippen molar-refractivity contribution in [2.75, 3.05) is 13.1 Å². The minimum Gasteiger partial charge on any atom is -0.409 e. The number of hydrogen-bond donors (Lipinski definition) is 2. The lowest BCUT2D eigenvalue weighted by atomic mass is 10.2. The lowest BCUT2D eigenvalue weighted by Gasteiger charge is -2.20. The number of pyridine rings is 1. The largest absolute Gasteiger partial charge is 0.409 e. The zero-order valence-corrected chi connectivity index (χ0v) is 11.2. The molecule has 0 aliphatic carbocycles. The van der Waals surface area contributed by atoms with Crippen molar-refractivity contribution in [2.45, 2.75) is 13.3 Å². The lowest BCUT2D eigenvalue weighted by Crippen LogP contribution is -2.39. The van der Waals surface area contributed by atoms with Crippen LogP contribution in [0.3, 0.4) is 0 Å². The van der Waals surface area contributed by atoms with Crippen LogP contribution >= 0.6 is 0 Å². The third-order valence-corrected chi connectivity index (χ3v) is 2.92. The van der Waals surface area contributed by atoms with Gasteiger partial charge in [0.2, 0.25) is 0 Å². The molecule has 0 atom stereocenters. The number of carbonyl (C=O) groups excluding carboxylic acids is 1. The molecule has 20 heavy (non-hydrogen) atoms. The molecule has 0 aliphatic heterocycles. The van der Waals surface area contributed by atoms with Gasteiger partial charge >= 0.3 is 0 Å². The van der Waals surface area contributed by atoms with Gasteiger partial charge in [0.15, 0.2) is 5.84 Å². The van der Waals surface area contributed by atoms with Crippen molar-refractivity contribution in [1.29, 1.82) is 0 Å². The fraction of sp³-hybridized carbons (Fsp3) is 0.308. The molecule has 2 aromatic heterocycles. The Morgan fingerprint density at radius 2 is 2.35 bits per heavy atom. The van der Waals surface area contributed by atoms with Crippen LogP contribution in [0.5, 0.6) is 0 Å². The third-order valence-electron chi connectivity index (χ3n) is 2.92. The van der Waals surface area contributed by atoms with E-state index < -0.39 is 0 Å². The van der Waals surface area contributed by atoms with Crippen molar-refractivity contribution in [3.63, 3.8) is 0 Å². The van der Waals surface area contributed by atoms with Crippen LogP contribution in [0.2, 0.25) is 0 Å². The van der Waals surface area contributed by atoms with Gasteiger partial charge < -0.3 is 15.8 Å². The Bertz CT molecular complexity index is 634. The molecule has 2 rings (SSSR count). The molecule has 0 saturated heterocycles. The number of oxime groups is 1. The number of amidine groups is 1. The van der Waals surface area contributed by atoms with Gasteiger partial charge in [-0.1, -0.05) is 18.1 Å². The summed E-state index contributed by atoms with van der Waals surface area (Å²) in [5, 5.41) is 15.7. The molecule has 7 nitrogen and oxygen atoms in total. The summed E-state index contributed by atoms with van der Waals surface area (Å²) in [5.41, 5.74) is 6.73. The number of amides is 1. The quantitative estimate of drug-likeness (QED) is 0.367. The second-order valence-corrected chi connectivity index (χ2v) is 4.41. The molecule has 0 aromatic carbocycles. The zero-order valence-electron chi connectivity index (χ0n) is 11.2. The van der Waals surface area contributed by atoms with E-state index in [1.54, 1.807) is 15.6 Å². The van der Waals surface area contributed by atoms with Crippen molar-refractivity contribution in [3.05, 3.63) is 36.2 Å². The minimum atomic E-state index is -0.181. The van der Waals surface area contributed by atoms with Gasteiger partial charge in [0.25, 0.3) is 5.91 Å². The van der Waals surface area contributed by atoms with Crippen molar-refractivity contribution < 1.29 is 10.0 Å². The predicted molar refractivity (Wildman–Crippen MR) is 74.8 cm³/mol. The Morgan fingerprint density at radius 3 is 3.05 bits per heavy atom. The van der Waals surface area contributed by atoms with Gasteiger partial charge in [0, 0.05) is 12.7 Å². The summed E-state index contributed by atoms with van der Waals surface area (Å²) >= 11 is 0. The standard InChI is InChI=1S/C13H17N5O2/c1-2-6-17(9-12(14)16-20)13(19)10-8-15-18-7-4-3-5-11(10)18/h3-5,7-8,20H,2,6,9H2,1H3,(H2,14,16). The fourth-order valence-electron chi connectivity index (χ4n) is 2.02. The van der Waals surface area contributed by atoms with Gasteiger partial charge in [-0.3, -0.25) is 4.79 Å². The molecule has 0 unspecified atom stereocenters. The number of carbonyl (C=O) groups is 1. The number of nitrogens with two attached hydrogens (primary N) is 1. The summed E-state index contributed by atoms with van der Waals surface area (Å²) in [6.07, 6.45) is 4.09. The fourth-order valence-corrected chi connectivity index (χ4v) is 2.02. The molecule has 0 fully saturated rings. The molecule has 0 spiro atoms. The summed E-state index contributed by atoms with van der Waals surface area (Å²) in [4.78, 5) is 14.1. The first-order chi connectivity index (χ1) is 9.67. The number of aromatic nitrogens is 2. The maximum atomic E-state index is 12.5. The smallest absolute Gasteiger partial charge is 0.258 e. The second-order valence-electron chi connectivity index (χ2n) is 4.41. The highest BCUT2D eigenvalue weighted by atomic mass is 16.4. The van der Waals surface area contributed by atoms with E-state index in [4.69, 9.17) is 10.9 Å². The van der Waals surface area contributed by atoms with E-state index in [0.29, 0.717) is 12.1 Å². The Hall–Kier alpha value is -2.57. The van der Waals surface area contributed by atoms with Gasteiger partial charge in [-0.15, -0.1) is 0 Å². The van der Waals surface area contributed by atoms with Crippen LogP contribution in [-0.4, -0.2) is 44.6 Å². The molecule has 7 heteroatoms. The van der Waals surface area contributed by atoms with Gasteiger partial charge in [0.05, 0.1) is 23.8 Å². The van der Waals surface area contributed by atoms with Crippen LogP contribution < -0.4 is 5.73 Å². The Balaban J connectivity index is 2.31. The highest BCUT2D eigenvalue weighted by Crippen LogP contribution is 2.13. The van der Waals surface area contributed by atoms with E-state index >= 15 is 0 Å². The van der Waals surface area contributed by atoms with Crippen molar-refractivity contribution in [1.82, 2.24) is 14.5 Å². The average molecular weight is 275 g/mol. The zero-order chi connectivity index (χ0) is 14.5. The third kappa shape index (κ3) is 2.71. The van der Waals surface area contributed by atoms with Crippen LogP contribution in [0.1, 0.15) is 23.7 Å². The lowest BCUT2D eigenvalue weighted by molar-refractivity contribution is 0.0780. The first-order valence-electron chi connectivity index (χ1n) is 6.35. The molecule has 1 amide bonds. The summed E-state index contributed by atoms with van der Waals surface area (Å²) in [6, 6.07) is 5.52. The van der Waals surface area contributed by atoms with Crippen molar-refractivity contribution in [2.24, 2.45) is 10.9 Å². The van der Waals surface area contributed by atoms with Gasteiger partial charge in [-0.05, 0) is 18.6 Å². The van der Waals surface area contributed by atoms with Crippen LogP contribution in [0.15, 0.2) is 35.7 Å². The Kier molecular flexibility index (Phi) is 4.19. The van der Waals surface area contributed by atoms with E-state index in [1.807, 2.05) is 25.1 Å². The summed E-state index contributed by atoms with van der Waals surface area (Å²) in [7, 11) is 0. The monoisotopic (exact) mass is 275 g/mol. The number of nitrogens with zero attached hydrogens (tertiary/aromatic N) is 4. The average Bonchev–Trinajstić information content (AvgIpc) is 2.89. The van der Waals surface area contributed by atoms with E-state index in [2.05, 4.69) is 10.3 Å². The minimum absolute atomic E-state index is 0.00303. The molecule has 2 heterocycles. The van der Waals surface area contributed by atoms with E-state index in [9.17, 15) is 4.79 Å². The van der Waals surface area contributed by atoms with Crippen LogP contribution in [-0.2, 0) is 0 Å². The molecule has 0 aliphatic rings. The van der Waals surface area contributed by atoms with Gasteiger partial charge in [-0.25, -0.2) is 4.52 Å². The molecule has 0 saturated carbocycles. The maximum Gasteiger partial charge on any atom is 0.258 e. The second kappa shape index (κ2) is 6.05. The molecule has 0 radical (unpaired) electrons. The topological polar surface area (TPSA) is 96.2 Å². The maximum absolute atomic E-state index is 12.5. The molecule has 3 N–H and O–H groups in total. The Labute approximate surface area is 116 Å². The number of fused-ring (bicyclic) bond motifs is 1. The van der Waals surface area contributed by atoms with E-state index in [0.717, 1.165) is 11.9 Å². The van der Waals surface area contributed by atoms with Crippen LogP contribution in [0, 0.1) is 0 Å². The van der Waals surface area contributed by atoms with Crippen molar-refractivity contribution in [3.8, 4) is 0 Å². The normalized spacial score (nSPS) is 11.8. The summed E-state index contributed by atoms with van der Waals surface area (Å²) < 4.78 is 1.64. The van der Waals surface area contributed by atoms with E-state index in [-0.39, 0.29) is 18.3 Å². The summed E-state index contributed by atoms with van der Waals surface area (Å²) in [6.45, 7) is 2.58. The van der Waals surface area contributed by atoms with Crippen LogP contribution in [0.4, 0.5) is 0 Å². The molecular formula is C13H17N5O2.